The molecular formula is C18H19FN4O2. The number of aromatic nitrogens is 2. The average Bonchev–Trinajstić information content (AvgIpc) is 3.35. The Morgan fingerprint density at radius 3 is 3.00 bits per heavy atom. The van der Waals surface area contributed by atoms with E-state index in [4.69, 9.17) is 9.78 Å². The summed E-state index contributed by atoms with van der Waals surface area (Å²) in [5.41, 5.74) is -0.348. The third-order valence-corrected chi connectivity index (χ3v) is 4.88. The minimum absolute atomic E-state index is 0.265. The summed E-state index contributed by atoms with van der Waals surface area (Å²) >= 11 is 0. The number of benzene rings is 1. The minimum Gasteiger partial charge on any atom is -0.388 e. The van der Waals surface area contributed by atoms with Crippen molar-refractivity contribution in [3.8, 4) is 6.07 Å². The molecule has 130 valence electrons. The van der Waals surface area contributed by atoms with Gasteiger partial charge in [0.2, 0.25) is 5.89 Å². The summed E-state index contributed by atoms with van der Waals surface area (Å²) in [6.07, 6.45) is 3.78. The molecule has 0 spiro atoms. The third kappa shape index (κ3) is 3.35. The molecule has 2 aliphatic rings. The number of halogens is 1. The fourth-order valence-corrected chi connectivity index (χ4v) is 3.42. The number of hydrogen-bond acceptors (Lipinski definition) is 6. The van der Waals surface area contributed by atoms with Crippen molar-refractivity contribution in [3.05, 3.63) is 41.3 Å². The third-order valence-electron chi connectivity index (χ3n) is 4.88. The van der Waals surface area contributed by atoms with Crippen LogP contribution in [-0.4, -0.2) is 33.9 Å². The van der Waals surface area contributed by atoms with Gasteiger partial charge in [-0.05, 0) is 43.9 Å². The lowest BCUT2D eigenvalue weighted by atomic mass is 9.89. The van der Waals surface area contributed by atoms with Crippen LogP contribution in [-0.2, 0) is 6.42 Å². The summed E-state index contributed by atoms with van der Waals surface area (Å²) in [4.78, 5) is 6.20. The van der Waals surface area contributed by atoms with Gasteiger partial charge in [-0.2, -0.15) is 10.2 Å². The number of piperidine rings is 1. The smallest absolute Gasteiger partial charge is 0.229 e. The van der Waals surface area contributed by atoms with E-state index in [1.165, 1.54) is 6.07 Å². The second-order valence-electron chi connectivity index (χ2n) is 7.02. The van der Waals surface area contributed by atoms with Gasteiger partial charge in [-0.25, -0.2) is 4.39 Å². The van der Waals surface area contributed by atoms with Crippen molar-refractivity contribution in [2.75, 3.05) is 18.0 Å². The zero-order chi connectivity index (χ0) is 17.4. The van der Waals surface area contributed by atoms with Crippen LogP contribution in [0.3, 0.4) is 0 Å². The molecule has 1 N–H and O–H groups in total. The van der Waals surface area contributed by atoms with Gasteiger partial charge in [0.05, 0.1) is 29.3 Å². The Balaban J connectivity index is 1.50. The quantitative estimate of drug-likeness (QED) is 0.919. The van der Waals surface area contributed by atoms with Crippen molar-refractivity contribution in [2.45, 2.75) is 43.6 Å². The number of aliphatic hydroxyl groups is 1. The van der Waals surface area contributed by atoms with Crippen LogP contribution >= 0.6 is 0 Å². The molecule has 2 fully saturated rings. The normalized spacial score (nSPS) is 23.5. The molecule has 4 rings (SSSR count). The maximum absolute atomic E-state index is 14.3. The molecule has 1 unspecified atom stereocenters. The first-order chi connectivity index (χ1) is 12.1. The maximum atomic E-state index is 14.3. The van der Waals surface area contributed by atoms with Gasteiger partial charge >= 0.3 is 0 Å². The molecule has 0 radical (unpaired) electrons. The molecule has 7 heteroatoms. The number of nitrogens with zero attached hydrogens (tertiary/aromatic N) is 4. The molecule has 6 nitrogen and oxygen atoms in total. The molecule has 2 aromatic rings. The first-order valence-corrected chi connectivity index (χ1v) is 8.56. The van der Waals surface area contributed by atoms with Crippen molar-refractivity contribution in [2.24, 2.45) is 0 Å². The van der Waals surface area contributed by atoms with Crippen LogP contribution in [0, 0.1) is 17.1 Å². The molecule has 1 aromatic heterocycles. The minimum atomic E-state index is -1.04. The van der Waals surface area contributed by atoms with Gasteiger partial charge in [0, 0.05) is 19.0 Å². The lowest BCUT2D eigenvalue weighted by Crippen LogP contribution is -2.50. The summed E-state index contributed by atoms with van der Waals surface area (Å²) in [7, 11) is 0. The summed E-state index contributed by atoms with van der Waals surface area (Å²) in [5, 5.41) is 23.8. The van der Waals surface area contributed by atoms with Gasteiger partial charge in [0.1, 0.15) is 5.82 Å². The average molecular weight is 342 g/mol. The fourth-order valence-electron chi connectivity index (χ4n) is 3.42. The Hall–Kier alpha value is -2.46. The van der Waals surface area contributed by atoms with Crippen LogP contribution in [0.15, 0.2) is 22.7 Å². The first-order valence-electron chi connectivity index (χ1n) is 8.56. The Bertz CT molecular complexity index is 827. The summed E-state index contributed by atoms with van der Waals surface area (Å²) in [6.45, 7) is 0.944. The Labute approximate surface area is 144 Å². The Morgan fingerprint density at radius 1 is 1.44 bits per heavy atom. The molecule has 1 saturated heterocycles. The lowest BCUT2D eigenvalue weighted by molar-refractivity contribution is 0.0192. The van der Waals surface area contributed by atoms with Crippen LogP contribution in [0.5, 0.6) is 0 Å². The zero-order valence-electron chi connectivity index (χ0n) is 13.8. The Kier molecular flexibility index (Phi) is 3.92. The molecular weight excluding hydrogens is 323 g/mol. The number of anilines is 1. The SMILES string of the molecule is N#Cc1ccc(N2CCCC(O)(Cc3nc(C4CC4)no3)C2)c(F)c1. The molecule has 0 amide bonds. The molecule has 1 aliphatic carbocycles. The van der Waals surface area contributed by atoms with E-state index >= 15 is 0 Å². The molecule has 25 heavy (non-hydrogen) atoms. The van der Waals surface area contributed by atoms with E-state index in [1.807, 2.05) is 11.0 Å². The molecule has 2 heterocycles. The highest BCUT2D eigenvalue weighted by molar-refractivity contribution is 5.52. The van der Waals surface area contributed by atoms with Gasteiger partial charge in [0.15, 0.2) is 5.82 Å². The number of β-amino-alcohol motifs (C(OH)–C–C–N with tert-alkyl or cyclic N) is 1. The highest BCUT2D eigenvalue weighted by Crippen LogP contribution is 2.38. The number of rotatable bonds is 4. The fraction of sp³-hybridized carbons (Fsp3) is 0.500. The van der Waals surface area contributed by atoms with E-state index in [9.17, 15) is 9.50 Å². The van der Waals surface area contributed by atoms with Crippen LogP contribution < -0.4 is 4.90 Å². The van der Waals surface area contributed by atoms with Gasteiger partial charge < -0.3 is 14.5 Å². The second-order valence-corrected chi connectivity index (χ2v) is 7.02. The number of nitriles is 1. The van der Waals surface area contributed by atoms with E-state index in [0.29, 0.717) is 30.5 Å². The van der Waals surface area contributed by atoms with E-state index in [0.717, 1.165) is 25.1 Å². The summed E-state index contributed by atoms with van der Waals surface area (Å²) in [5.74, 6) is 1.12. The van der Waals surface area contributed by atoms with Gasteiger partial charge in [-0.3, -0.25) is 0 Å². The van der Waals surface area contributed by atoms with Crippen molar-refractivity contribution >= 4 is 5.69 Å². The van der Waals surface area contributed by atoms with Crippen LogP contribution in [0.2, 0.25) is 0 Å². The van der Waals surface area contributed by atoms with Crippen molar-refractivity contribution in [1.82, 2.24) is 10.1 Å². The van der Waals surface area contributed by atoms with Crippen LogP contribution in [0.4, 0.5) is 10.1 Å². The number of hydrogen-bond donors (Lipinski definition) is 1. The Morgan fingerprint density at radius 2 is 2.28 bits per heavy atom. The molecule has 1 aromatic carbocycles. The lowest BCUT2D eigenvalue weighted by Gasteiger charge is -2.39. The predicted molar refractivity (Wildman–Crippen MR) is 87.5 cm³/mol. The first kappa shape index (κ1) is 16.0. The molecule has 1 atom stereocenters. The van der Waals surface area contributed by atoms with Crippen LogP contribution in [0.25, 0.3) is 0 Å². The van der Waals surface area contributed by atoms with Gasteiger partial charge in [-0.15, -0.1) is 0 Å². The van der Waals surface area contributed by atoms with E-state index in [1.54, 1.807) is 12.1 Å². The van der Waals surface area contributed by atoms with Crippen LogP contribution in [0.1, 0.15) is 48.9 Å². The van der Waals surface area contributed by atoms with Crippen molar-refractivity contribution in [3.63, 3.8) is 0 Å². The van der Waals surface area contributed by atoms with Crippen molar-refractivity contribution < 1.29 is 14.0 Å². The maximum Gasteiger partial charge on any atom is 0.229 e. The standard InChI is InChI=1S/C18H19FN4O2/c19-14-8-12(10-20)2-5-15(14)23-7-1-6-18(24,11-23)9-16-21-17(22-25-16)13-3-4-13/h2,5,8,13,24H,1,3-4,6-7,9,11H2. The summed E-state index contributed by atoms with van der Waals surface area (Å²) in [6, 6.07) is 6.34. The van der Waals surface area contributed by atoms with E-state index in [-0.39, 0.29) is 18.5 Å². The largest absolute Gasteiger partial charge is 0.388 e. The monoisotopic (exact) mass is 342 g/mol. The zero-order valence-corrected chi connectivity index (χ0v) is 13.8. The van der Waals surface area contributed by atoms with Gasteiger partial charge in [-0.1, -0.05) is 5.16 Å². The van der Waals surface area contributed by atoms with Crippen molar-refractivity contribution in [1.29, 1.82) is 5.26 Å². The predicted octanol–water partition coefficient (Wildman–Crippen LogP) is 2.53. The summed E-state index contributed by atoms with van der Waals surface area (Å²) < 4.78 is 19.6. The molecule has 1 aliphatic heterocycles. The topological polar surface area (TPSA) is 86.2 Å². The highest BCUT2D eigenvalue weighted by atomic mass is 19.1. The second kappa shape index (κ2) is 6.12. The van der Waals surface area contributed by atoms with E-state index in [2.05, 4.69) is 10.1 Å². The molecule has 1 saturated carbocycles. The highest BCUT2D eigenvalue weighted by Gasteiger charge is 2.37. The van der Waals surface area contributed by atoms with Gasteiger partial charge in [0.25, 0.3) is 0 Å². The van der Waals surface area contributed by atoms with E-state index < -0.39 is 11.4 Å². The molecule has 0 bridgehead atoms.